The molecule has 13 nitrogen and oxygen atoms in total. The van der Waals surface area contributed by atoms with Crippen molar-refractivity contribution in [2.24, 2.45) is 0 Å². The third-order valence-electron chi connectivity index (χ3n) is 28.5. The lowest BCUT2D eigenvalue weighted by molar-refractivity contribution is 1.05. The molecule has 0 atom stereocenters. The van der Waals surface area contributed by atoms with E-state index in [-0.39, 0.29) is 0 Å². The van der Waals surface area contributed by atoms with Crippen molar-refractivity contribution in [2.75, 3.05) is 0 Å². The quantitative estimate of drug-likeness (QED) is 0.0808. The number of nitrogens with zero attached hydrogens (tertiary/aromatic N) is 13. The Bertz CT molecular complexity index is 10200. The summed E-state index contributed by atoms with van der Waals surface area (Å²) >= 11 is 0. The molecule has 0 bridgehead atoms. The molecule has 7 heterocycles. The van der Waals surface area contributed by atoms with Gasteiger partial charge in [-0.2, -0.15) is 0 Å². The molecule has 0 saturated heterocycles. The molecular weight excluding hydrogens is 1720 g/mol. The first-order valence-electron chi connectivity index (χ1n) is 47.6. The maximum atomic E-state index is 5.20. The summed E-state index contributed by atoms with van der Waals surface area (Å²) in [4.78, 5) is 50.2. The highest BCUT2D eigenvalue weighted by atomic mass is 15.1. The summed E-state index contributed by atoms with van der Waals surface area (Å²) in [7, 11) is 0. The molecule has 13 heteroatoms. The van der Waals surface area contributed by atoms with Crippen LogP contribution in [0, 0.1) is 0 Å². The van der Waals surface area contributed by atoms with Crippen molar-refractivity contribution in [1.29, 1.82) is 0 Å². The minimum absolute atomic E-state index is 0.591. The standard InChI is InChI=1S/C47H28N4.C41H24N4.C40H23N5/c1-3-11-29(12-4-1)30-21-25-34(26-22-30)46-48-45(33-13-5-2-6-14-33)49-47(50-46)37-16-7-8-19-38(37)51-39-20-10-18-36-35-17-9-15-31-23-24-32-27-28-40(51)44(43(36)39)42(32)41(31)35;1-3-11-27(12-4-1)39-42-40(28-13-5-2-6-14-28)44-41(43-39)31-16-7-8-19-32(31)45-33-20-10-18-30-29-17-9-15-25-21-22-26-23-24-34(45)38(37(30)33)36(26)35(25)29;1-3-9-26(10-4-1)38-42-39(27-11-5-2-6-12-27)44-40(43-38)28-20-22-33(41-23-28)45-31-16-8-15-30-29-14-7-13-24-17-18-25-19-21-32(45)37(36(30)31)35(25)34(24)29/h1-28H;1-24H;1-23H. The van der Waals surface area contributed by atoms with Crippen LogP contribution in [-0.2, 0) is 0 Å². The first kappa shape index (κ1) is 79.2. The fourth-order valence-corrected chi connectivity index (χ4v) is 22.4. The van der Waals surface area contributed by atoms with Crippen LogP contribution in [0.2, 0.25) is 0 Å². The number of fused-ring (bicyclic) bond motifs is 3. The first-order valence-corrected chi connectivity index (χ1v) is 47.6. The average Bonchev–Trinajstić information content (AvgIpc) is 1.55. The molecule has 0 amide bonds. The largest absolute Gasteiger partial charge is 0.308 e. The van der Waals surface area contributed by atoms with Gasteiger partial charge in [0.1, 0.15) is 5.82 Å². The highest BCUT2D eigenvalue weighted by molar-refractivity contribution is 6.43. The lowest BCUT2D eigenvalue weighted by Crippen LogP contribution is -2.03. The summed E-state index contributed by atoms with van der Waals surface area (Å²) in [5.41, 5.74) is 19.8. The van der Waals surface area contributed by atoms with E-state index < -0.39 is 0 Å². The Labute approximate surface area is 806 Å². The van der Waals surface area contributed by atoms with Gasteiger partial charge in [0.15, 0.2) is 52.4 Å². The number of rotatable bonds is 13. The molecule has 652 valence electrons. The summed E-state index contributed by atoms with van der Waals surface area (Å²) < 4.78 is 7.11. The number of para-hydroxylation sites is 2. The van der Waals surface area contributed by atoms with Crippen LogP contribution in [0.1, 0.15) is 0 Å². The Kier molecular flexibility index (Phi) is 17.8. The summed E-state index contributed by atoms with van der Waals surface area (Å²) in [5, 5.41) is 31.1. The predicted octanol–water partition coefficient (Wildman–Crippen LogP) is 32.0. The predicted molar refractivity (Wildman–Crippen MR) is 579 cm³/mol. The van der Waals surface area contributed by atoms with E-state index in [1.165, 1.54) is 157 Å². The van der Waals surface area contributed by atoms with Gasteiger partial charge >= 0.3 is 0 Å². The molecule has 0 N–H and O–H groups in total. The molecule has 31 rings (SSSR count). The van der Waals surface area contributed by atoms with Crippen LogP contribution >= 0.6 is 0 Å². The van der Waals surface area contributed by atoms with Gasteiger partial charge in [0.2, 0.25) is 0 Å². The van der Waals surface area contributed by atoms with Gasteiger partial charge < -0.3 is 9.13 Å². The maximum Gasteiger partial charge on any atom is 0.166 e. The highest BCUT2D eigenvalue weighted by Gasteiger charge is 2.30. The minimum Gasteiger partial charge on any atom is -0.308 e. The van der Waals surface area contributed by atoms with Gasteiger partial charge in [-0.3, -0.25) is 4.57 Å². The molecule has 7 aromatic heterocycles. The molecule has 0 saturated carbocycles. The number of aromatic nitrogens is 13. The molecule has 0 aliphatic carbocycles. The van der Waals surface area contributed by atoms with E-state index in [4.69, 9.17) is 49.8 Å². The smallest absolute Gasteiger partial charge is 0.166 e. The summed E-state index contributed by atoms with van der Waals surface area (Å²) in [5.74, 6) is 6.58. The second-order valence-electron chi connectivity index (χ2n) is 36.3. The summed E-state index contributed by atoms with van der Waals surface area (Å²) in [6.07, 6.45) is 1.88. The Balaban J connectivity index is 0.000000102. The molecule has 141 heavy (non-hydrogen) atoms. The zero-order chi connectivity index (χ0) is 92.4. The first-order chi connectivity index (χ1) is 69.9. The molecule has 0 aliphatic heterocycles. The summed E-state index contributed by atoms with van der Waals surface area (Å²) in [6, 6.07) is 158. The van der Waals surface area contributed by atoms with Crippen molar-refractivity contribution in [3.8, 4) is 131 Å². The SMILES string of the molecule is c1ccc(-c2ccc(-c3nc(-c4ccccc4)nc(-c4ccccc4-n4c5cccc6c7cccc8ccc9ccc4c(c9c87)c65)n3)cc2)cc1.c1ccc(-c2nc(-c3ccccc3)nc(-c3ccc(-n4c5cccc6c7cccc8ccc9ccc4c(c9c87)c65)nc3)n2)cc1.c1ccc(-c2nc(-c3ccccc3)nc(-c3ccccc3-n3c4cccc5c6cccc7ccc8ccc3c(c8c76)c54)n2)cc1. The van der Waals surface area contributed by atoms with E-state index in [1.807, 2.05) is 152 Å². The molecule has 0 unspecified atom stereocenters. The topological polar surface area (TPSA) is 144 Å². The summed E-state index contributed by atoms with van der Waals surface area (Å²) in [6.45, 7) is 0. The van der Waals surface area contributed by atoms with Crippen LogP contribution in [0.15, 0.2) is 455 Å². The Morgan fingerprint density at radius 3 is 0.702 bits per heavy atom. The van der Waals surface area contributed by atoms with Crippen molar-refractivity contribution in [3.63, 3.8) is 0 Å². The Morgan fingerprint density at radius 2 is 0.369 bits per heavy atom. The number of hydrogen-bond acceptors (Lipinski definition) is 10. The molecule has 0 fully saturated rings. The second-order valence-corrected chi connectivity index (χ2v) is 36.3. The van der Waals surface area contributed by atoms with Crippen molar-refractivity contribution < 1.29 is 0 Å². The van der Waals surface area contributed by atoms with E-state index in [9.17, 15) is 0 Å². The van der Waals surface area contributed by atoms with E-state index in [0.717, 1.165) is 83.9 Å². The maximum absolute atomic E-state index is 5.20. The monoisotopic (exact) mass is 1790 g/mol. The van der Waals surface area contributed by atoms with Gasteiger partial charge in [-0.25, -0.2) is 49.8 Å². The fraction of sp³-hybridized carbons (Fsp3) is 0. The van der Waals surface area contributed by atoms with Gasteiger partial charge in [0, 0.05) is 105 Å². The third-order valence-corrected chi connectivity index (χ3v) is 28.5. The fourth-order valence-electron chi connectivity index (χ4n) is 22.4. The lowest BCUT2D eigenvalue weighted by Gasteiger charge is -2.15. The zero-order valence-electron chi connectivity index (χ0n) is 75.6. The molecule has 0 spiro atoms. The highest BCUT2D eigenvalue weighted by Crippen LogP contribution is 2.53. The molecule has 0 radical (unpaired) electrons. The number of benzene rings is 24. The van der Waals surface area contributed by atoms with E-state index in [0.29, 0.717) is 52.4 Å². The van der Waals surface area contributed by atoms with Gasteiger partial charge in [-0.15, -0.1) is 0 Å². The van der Waals surface area contributed by atoms with Crippen LogP contribution in [0.5, 0.6) is 0 Å². The van der Waals surface area contributed by atoms with Crippen LogP contribution in [0.25, 0.3) is 293 Å². The van der Waals surface area contributed by atoms with Crippen molar-refractivity contribution >= 4 is 162 Å². The van der Waals surface area contributed by atoms with Gasteiger partial charge in [-0.05, 0) is 165 Å². The second kappa shape index (κ2) is 31.7. The molecule has 0 aliphatic rings. The number of hydrogen-bond donors (Lipinski definition) is 0. The van der Waals surface area contributed by atoms with Gasteiger partial charge in [0.25, 0.3) is 0 Å². The van der Waals surface area contributed by atoms with Crippen LogP contribution in [0.3, 0.4) is 0 Å². The van der Waals surface area contributed by atoms with Gasteiger partial charge in [-0.1, -0.05) is 376 Å². The molecule has 31 aromatic rings. The minimum atomic E-state index is 0.591. The zero-order valence-corrected chi connectivity index (χ0v) is 75.6. The van der Waals surface area contributed by atoms with Crippen LogP contribution in [-0.4, -0.2) is 63.5 Å². The van der Waals surface area contributed by atoms with Crippen LogP contribution in [0.4, 0.5) is 0 Å². The van der Waals surface area contributed by atoms with E-state index in [1.54, 1.807) is 0 Å². The molecule has 24 aromatic carbocycles. The Hall–Kier alpha value is -19.2. The van der Waals surface area contributed by atoms with E-state index >= 15 is 0 Å². The van der Waals surface area contributed by atoms with Crippen LogP contribution < -0.4 is 0 Å². The van der Waals surface area contributed by atoms with E-state index in [2.05, 4.69) is 317 Å². The average molecular weight is 1800 g/mol. The third kappa shape index (κ3) is 12.5. The molecular formula is C128H75N13. The van der Waals surface area contributed by atoms with Crippen molar-refractivity contribution in [3.05, 3.63) is 455 Å². The van der Waals surface area contributed by atoms with Crippen molar-refractivity contribution in [2.45, 2.75) is 0 Å². The number of pyridine rings is 1. The normalized spacial score (nSPS) is 12.0. The Morgan fingerprint density at radius 1 is 0.135 bits per heavy atom. The lowest BCUT2D eigenvalue weighted by atomic mass is 9.89. The van der Waals surface area contributed by atoms with Crippen molar-refractivity contribution in [1.82, 2.24) is 63.5 Å². The van der Waals surface area contributed by atoms with Gasteiger partial charge in [0.05, 0.1) is 44.5 Å².